The predicted octanol–water partition coefficient (Wildman–Crippen LogP) is 1.93. The summed E-state index contributed by atoms with van der Waals surface area (Å²) < 4.78 is 4.98. The van der Waals surface area contributed by atoms with E-state index in [0.717, 1.165) is 11.3 Å². The first kappa shape index (κ1) is 7.82. The van der Waals surface area contributed by atoms with Crippen molar-refractivity contribution in [1.82, 2.24) is 4.98 Å². The molecule has 0 spiro atoms. The fourth-order valence-corrected chi connectivity index (χ4v) is 1.71. The molecule has 0 unspecified atom stereocenters. The van der Waals surface area contributed by atoms with E-state index in [9.17, 15) is 0 Å². The summed E-state index contributed by atoms with van der Waals surface area (Å²) in [5, 5.41) is 0. The number of alkyl halides is 1. The second kappa shape index (κ2) is 3.78. The monoisotopic (exact) mass is 177 g/mol. The van der Waals surface area contributed by atoms with Crippen LogP contribution in [0.1, 0.15) is 4.88 Å². The van der Waals surface area contributed by atoms with Crippen LogP contribution >= 0.6 is 22.9 Å². The number of nitrogens with zero attached hydrogens (tertiary/aromatic N) is 1. The first-order chi connectivity index (χ1) is 4.88. The number of aryl methyl sites for hydroxylation is 1. The third kappa shape index (κ3) is 1.61. The average Bonchev–Trinajstić information content (AvgIpc) is 2.36. The highest BCUT2D eigenvalue weighted by Crippen LogP contribution is 2.20. The molecule has 0 aliphatic heterocycles. The number of halogens is 1. The van der Waals surface area contributed by atoms with Crippen molar-refractivity contribution in [2.75, 3.05) is 13.0 Å². The Labute approximate surface area is 68.8 Å². The molecule has 0 saturated heterocycles. The van der Waals surface area contributed by atoms with Crippen molar-refractivity contribution in [1.29, 1.82) is 0 Å². The Kier molecular flexibility index (Phi) is 2.96. The molecule has 0 aromatic carbocycles. The van der Waals surface area contributed by atoms with Gasteiger partial charge in [-0.2, -0.15) is 0 Å². The zero-order chi connectivity index (χ0) is 7.40. The maximum Gasteiger partial charge on any atom is 0.227 e. The number of thiazole rings is 1. The third-order valence-electron chi connectivity index (χ3n) is 1.12. The van der Waals surface area contributed by atoms with Crippen LogP contribution in [0.25, 0.3) is 0 Å². The molecule has 0 saturated carbocycles. The smallest absolute Gasteiger partial charge is 0.227 e. The van der Waals surface area contributed by atoms with Crippen LogP contribution in [0.3, 0.4) is 0 Å². The van der Waals surface area contributed by atoms with E-state index in [1.165, 1.54) is 0 Å². The van der Waals surface area contributed by atoms with Crippen LogP contribution in [0.4, 0.5) is 0 Å². The lowest BCUT2D eigenvalue weighted by atomic mass is 10.4. The lowest BCUT2D eigenvalue weighted by Crippen LogP contribution is -1.88. The van der Waals surface area contributed by atoms with E-state index in [-0.39, 0.29) is 0 Å². The van der Waals surface area contributed by atoms with E-state index in [1.54, 1.807) is 24.0 Å². The predicted molar refractivity (Wildman–Crippen MR) is 43.1 cm³/mol. The minimum absolute atomic E-state index is 0.624. The molecule has 0 atom stereocenters. The van der Waals surface area contributed by atoms with Gasteiger partial charge in [-0.25, -0.2) is 4.98 Å². The van der Waals surface area contributed by atoms with Crippen molar-refractivity contribution in [2.24, 2.45) is 0 Å². The van der Waals surface area contributed by atoms with Gasteiger partial charge in [0.2, 0.25) is 5.88 Å². The SMILES string of the molecule is COc1ncsc1CCCl. The summed E-state index contributed by atoms with van der Waals surface area (Å²) in [7, 11) is 1.62. The van der Waals surface area contributed by atoms with E-state index in [4.69, 9.17) is 16.3 Å². The summed E-state index contributed by atoms with van der Waals surface area (Å²) in [6, 6.07) is 0. The summed E-state index contributed by atoms with van der Waals surface area (Å²) in [4.78, 5) is 5.11. The molecule has 1 heterocycles. The second-order valence-electron chi connectivity index (χ2n) is 1.72. The molecule has 1 aromatic rings. The molecule has 0 fully saturated rings. The van der Waals surface area contributed by atoms with E-state index in [0.29, 0.717) is 11.8 Å². The molecule has 0 radical (unpaired) electrons. The highest BCUT2D eigenvalue weighted by atomic mass is 35.5. The summed E-state index contributed by atoms with van der Waals surface area (Å²) >= 11 is 7.12. The van der Waals surface area contributed by atoms with Crippen molar-refractivity contribution < 1.29 is 4.74 Å². The maximum atomic E-state index is 5.55. The van der Waals surface area contributed by atoms with Gasteiger partial charge < -0.3 is 4.74 Å². The molecule has 0 aliphatic rings. The van der Waals surface area contributed by atoms with Crippen LogP contribution in [0.15, 0.2) is 5.51 Å². The van der Waals surface area contributed by atoms with Gasteiger partial charge in [-0.1, -0.05) is 0 Å². The maximum absolute atomic E-state index is 5.55. The van der Waals surface area contributed by atoms with Gasteiger partial charge in [0.05, 0.1) is 17.5 Å². The van der Waals surface area contributed by atoms with E-state index in [1.807, 2.05) is 0 Å². The van der Waals surface area contributed by atoms with E-state index in [2.05, 4.69) is 4.98 Å². The Balaban J connectivity index is 2.70. The van der Waals surface area contributed by atoms with Crippen molar-refractivity contribution >= 4 is 22.9 Å². The number of aromatic nitrogens is 1. The van der Waals surface area contributed by atoms with Crippen molar-refractivity contribution in [3.63, 3.8) is 0 Å². The van der Waals surface area contributed by atoms with Crippen molar-refractivity contribution in [2.45, 2.75) is 6.42 Å². The molecule has 0 bridgehead atoms. The zero-order valence-corrected chi connectivity index (χ0v) is 7.21. The lowest BCUT2D eigenvalue weighted by Gasteiger charge is -1.95. The minimum atomic E-state index is 0.624. The first-order valence-corrected chi connectivity index (χ1v) is 4.32. The third-order valence-corrected chi connectivity index (χ3v) is 2.18. The molecule has 1 aromatic heterocycles. The van der Waals surface area contributed by atoms with Crippen LogP contribution < -0.4 is 4.74 Å². The van der Waals surface area contributed by atoms with E-state index >= 15 is 0 Å². The summed E-state index contributed by atoms with van der Waals surface area (Å²) in [6.45, 7) is 0. The van der Waals surface area contributed by atoms with Gasteiger partial charge in [0, 0.05) is 12.3 Å². The molecule has 56 valence electrons. The second-order valence-corrected chi connectivity index (χ2v) is 3.04. The number of hydrogen-bond donors (Lipinski definition) is 0. The molecule has 0 N–H and O–H groups in total. The average molecular weight is 178 g/mol. The van der Waals surface area contributed by atoms with Gasteiger partial charge in [0.25, 0.3) is 0 Å². The summed E-state index contributed by atoms with van der Waals surface area (Å²) in [6.07, 6.45) is 0.843. The normalized spacial score (nSPS) is 9.80. The van der Waals surface area contributed by atoms with Gasteiger partial charge in [-0.3, -0.25) is 0 Å². The fraction of sp³-hybridized carbons (Fsp3) is 0.500. The molecular formula is C6H8ClNOS. The Morgan fingerprint density at radius 3 is 3.20 bits per heavy atom. The molecule has 10 heavy (non-hydrogen) atoms. The summed E-state index contributed by atoms with van der Waals surface area (Å²) in [5.74, 6) is 1.34. The number of methoxy groups -OCH3 is 1. The van der Waals surface area contributed by atoms with Crippen LogP contribution in [-0.4, -0.2) is 18.0 Å². The molecule has 4 heteroatoms. The van der Waals surface area contributed by atoms with Crippen LogP contribution in [-0.2, 0) is 6.42 Å². The Bertz CT molecular complexity index is 201. The van der Waals surface area contributed by atoms with Crippen LogP contribution in [0.2, 0.25) is 0 Å². The molecular weight excluding hydrogens is 170 g/mol. The Hall–Kier alpha value is -0.280. The summed E-state index contributed by atoms with van der Waals surface area (Å²) in [5.41, 5.74) is 1.76. The van der Waals surface area contributed by atoms with Gasteiger partial charge in [0.1, 0.15) is 0 Å². The van der Waals surface area contributed by atoms with Gasteiger partial charge in [-0.05, 0) is 0 Å². The highest BCUT2D eigenvalue weighted by Gasteiger charge is 2.03. The lowest BCUT2D eigenvalue weighted by molar-refractivity contribution is 0.396. The van der Waals surface area contributed by atoms with Crippen LogP contribution in [0, 0.1) is 0 Å². The Morgan fingerprint density at radius 1 is 1.80 bits per heavy atom. The fourth-order valence-electron chi connectivity index (χ4n) is 0.678. The zero-order valence-electron chi connectivity index (χ0n) is 5.63. The largest absolute Gasteiger partial charge is 0.480 e. The number of hydrogen-bond acceptors (Lipinski definition) is 3. The molecule has 0 amide bonds. The van der Waals surface area contributed by atoms with E-state index < -0.39 is 0 Å². The molecule has 0 aliphatic carbocycles. The van der Waals surface area contributed by atoms with Crippen molar-refractivity contribution in [3.05, 3.63) is 10.4 Å². The first-order valence-electron chi connectivity index (χ1n) is 2.90. The van der Waals surface area contributed by atoms with Gasteiger partial charge >= 0.3 is 0 Å². The minimum Gasteiger partial charge on any atom is -0.480 e. The Morgan fingerprint density at radius 2 is 2.60 bits per heavy atom. The molecule has 2 nitrogen and oxygen atoms in total. The topological polar surface area (TPSA) is 22.1 Å². The number of rotatable bonds is 3. The quantitative estimate of drug-likeness (QED) is 0.659. The van der Waals surface area contributed by atoms with Gasteiger partial charge in [-0.15, -0.1) is 22.9 Å². The van der Waals surface area contributed by atoms with Gasteiger partial charge in [0.15, 0.2) is 0 Å². The molecule has 1 rings (SSSR count). The van der Waals surface area contributed by atoms with Crippen molar-refractivity contribution in [3.8, 4) is 5.88 Å². The standard InChI is InChI=1S/C6H8ClNOS/c1-9-6-5(2-3-7)10-4-8-6/h4H,2-3H2,1H3. The van der Waals surface area contributed by atoms with Crippen LogP contribution in [0.5, 0.6) is 5.88 Å². The highest BCUT2D eigenvalue weighted by molar-refractivity contribution is 7.09. The number of ether oxygens (including phenoxy) is 1.